The van der Waals surface area contributed by atoms with Crippen LogP contribution >= 0.6 is 15.9 Å². The summed E-state index contributed by atoms with van der Waals surface area (Å²) >= 11 is 3.47. The number of hydrogen-bond donors (Lipinski definition) is 1. The van der Waals surface area contributed by atoms with Gasteiger partial charge in [-0.3, -0.25) is 4.98 Å². The van der Waals surface area contributed by atoms with Crippen LogP contribution in [0.1, 0.15) is 5.69 Å². The third-order valence-electron chi connectivity index (χ3n) is 2.39. The summed E-state index contributed by atoms with van der Waals surface area (Å²) < 4.78 is 6.27. The van der Waals surface area contributed by atoms with Crippen molar-refractivity contribution in [3.8, 4) is 5.75 Å². The van der Waals surface area contributed by atoms with Gasteiger partial charge in [-0.15, -0.1) is 0 Å². The Morgan fingerprint density at radius 3 is 2.82 bits per heavy atom. The van der Waals surface area contributed by atoms with Gasteiger partial charge in [-0.1, -0.05) is 12.1 Å². The topological polar surface area (TPSA) is 34.1 Å². The number of rotatable bonds is 4. The van der Waals surface area contributed by atoms with Crippen molar-refractivity contribution >= 4 is 21.6 Å². The predicted molar refractivity (Wildman–Crippen MR) is 72.3 cm³/mol. The number of para-hydroxylation sites is 2. The number of pyridine rings is 1. The van der Waals surface area contributed by atoms with E-state index in [2.05, 4.69) is 26.2 Å². The lowest BCUT2D eigenvalue weighted by Gasteiger charge is -2.11. The third kappa shape index (κ3) is 2.97. The van der Waals surface area contributed by atoms with Gasteiger partial charge in [0.2, 0.25) is 0 Å². The van der Waals surface area contributed by atoms with Crippen molar-refractivity contribution < 1.29 is 4.74 Å². The Morgan fingerprint density at radius 1 is 1.24 bits per heavy atom. The van der Waals surface area contributed by atoms with E-state index >= 15 is 0 Å². The molecule has 0 aliphatic heterocycles. The van der Waals surface area contributed by atoms with E-state index in [1.54, 1.807) is 13.3 Å². The Kier molecular flexibility index (Phi) is 3.98. The van der Waals surface area contributed by atoms with Crippen LogP contribution in [0.15, 0.2) is 47.1 Å². The highest BCUT2D eigenvalue weighted by atomic mass is 79.9. The molecule has 4 heteroatoms. The Balaban J connectivity index is 2.10. The summed E-state index contributed by atoms with van der Waals surface area (Å²) in [6.45, 7) is 0.655. The molecule has 0 saturated carbocycles. The van der Waals surface area contributed by atoms with E-state index in [4.69, 9.17) is 4.74 Å². The molecule has 0 aliphatic rings. The number of nitrogens with one attached hydrogen (secondary N) is 1. The fourth-order valence-corrected chi connectivity index (χ4v) is 1.91. The first-order chi connectivity index (χ1) is 8.31. The highest BCUT2D eigenvalue weighted by Crippen LogP contribution is 2.24. The molecule has 17 heavy (non-hydrogen) atoms. The van der Waals surface area contributed by atoms with E-state index in [1.165, 1.54) is 0 Å². The molecule has 0 amide bonds. The lowest BCUT2D eigenvalue weighted by molar-refractivity contribution is 0.416. The van der Waals surface area contributed by atoms with Crippen LogP contribution in [0.4, 0.5) is 5.69 Å². The molecule has 88 valence electrons. The summed E-state index contributed by atoms with van der Waals surface area (Å²) in [5.41, 5.74) is 1.94. The van der Waals surface area contributed by atoms with Gasteiger partial charge in [0.1, 0.15) is 5.75 Å². The second-order valence-electron chi connectivity index (χ2n) is 3.49. The zero-order valence-electron chi connectivity index (χ0n) is 9.48. The molecule has 0 aliphatic carbocycles. The van der Waals surface area contributed by atoms with E-state index in [0.717, 1.165) is 21.6 Å². The van der Waals surface area contributed by atoms with E-state index in [9.17, 15) is 0 Å². The van der Waals surface area contributed by atoms with Crippen molar-refractivity contribution in [2.24, 2.45) is 0 Å². The molecule has 0 atom stereocenters. The van der Waals surface area contributed by atoms with Crippen LogP contribution in [0.5, 0.6) is 5.75 Å². The van der Waals surface area contributed by atoms with E-state index in [1.807, 2.05) is 36.4 Å². The quantitative estimate of drug-likeness (QED) is 0.937. The number of nitrogens with zero attached hydrogens (tertiary/aromatic N) is 1. The van der Waals surface area contributed by atoms with Gasteiger partial charge >= 0.3 is 0 Å². The van der Waals surface area contributed by atoms with Gasteiger partial charge in [0.15, 0.2) is 0 Å². The first kappa shape index (κ1) is 11.9. The normalized spacial score (nSPS) is 10.0. The molecule has 0 fully saturated rings. The fourth-order valence-electron chi connectivity index (χ4n) is 1.52. The second-order valence-corrected chi connectivity index (χ2v) is 4.34. The largest absolute Gasteiger partial charge is 0.495 e. The number of aromatic nitrogens is 1. The van der Waals surface area contributed by atoms with Gasteiger partial charge in [-0.2, -0.15) is 0 Å². The van der Waals surface area contributed by atoms with Gasteiger partial charge in [0.25, 0.3) is 0 Å². The molecule has 0 unspecified atom stereocenters. The zero-order valence-corrected chi connectivity index (χ0v) is 11.1. The zero-order chi connectivity index (χ0) is 12.1. The first-order valence-electron chi connectivity index (χ1n) is 5.27. The average Bonchev–Trinajstić information content (AvgIpc) is 2.38. The molecular formula is C13H13BrN2O. The molecule has 1 N–H and O–H groups in total. The molecule has 0 bridgehead atoms. The van der Waals surface area contributed by atoms with Crippen LogP contribution in [-0.2, 0) is 6.54 Å². The molecule has 3 nitrogen and oxygen atoms in total. The molecule has 2 aromatic rings. The fraction of sp³-hybridized carbons (Fsp3) is 0.154. The Bertz CT molecular complexity index is 502. The van der Waals surface area contributed by atoms with Gasteiger partial charge in [-0.05, 0) is 40.2 Å². The summed E-state index contributed by atoms with van der Waals surface area (Å²) in [4.78, 5) is 4.30. The van der Waals surface area contributed by atoms with E-state index in [-0.39, 0.29) is 0 Å². The number of ether oxygens (including phenoxy) is 1. The van der Waals surface area contributed by atoms with Crippen molar-refractivity contribution in [1.82, 2.24) is 4.98 Å². The molecule has 1 aromatic heterocycles. The van der Waals surface area contributed by atoms with Gasteiger partial charge in [0, 0.05) is 10.7 Å². The molecule has 0 radical (unpaired) electrons. The summed E-state index contributed by atoms with van der Waals surface area (Å²) in [6, 6.07) is 11.7. The first-order valence-corrected chi connectivity index (χ1v) is 6.07. The Labute approximate surface area is 109 Å². The van der Waals surface area contributed by atoms with Crippen LogP contribution in [0, 0.1) is 0 Å². The third-order valence-corrected chi connectivity index (χ3v) is 3.11. The maximum atomic E-state index is 5.27. The minimum absolute atomic E-state index is 0.655. The van der Waals surface area contributed by atoms with Crippen molar-refractivity contribution in [2.75, 3.05) is 12.4 Å². The van der Waals surface area contributed by atoms with Crippen LogP contribution in [0.25, 0.3) is 0 Å². The minimum Gasteiger partial charge on any atom is -0.495 e. The van der Waals surface area contributed by atoms with E-state index < -0.39 is 0 Å². The maximum absolute atomic E-state index is 5.27. The standard InChI is InChI=1S/C13H13BrN2O/c1-17-13-7-3-2-6-11(13)16-9-12-10(14)5-4-8-15-12/h2-8,16H,9H2,1H3. The van der Waals surface area contributed by atoms with Gasteiger partial charge in [0.05, 0.1) is 25.0 Å². The lowest BCUT2D eigenvalue weighted by Crippen LogP contribution is -2.03. The summed E-state index contributed by atoms with van der Waals surface area (Å²) in [7, 11) is 1.66. The molecule has 0 saturated heterocycles. The van der Waals surface area contributed by atoms with Gasteiger partial charge < -0.3 is 10.1 Å². The summed E-state index contributed by atoms with van der Waals surface area (Å²) in [6.07, 6.45) is 1.78. The molecule has 2 rings (SSSR count). The van der Waals surface area contributed by atoms with Crippen molar-refractivity contribution in [3.63, 3.8) is 0 Å². The SMILES string of the molecule is COc1ccccc1NCc1ncccc1Br. The molecule has 0 spiro atoms. The number of methoxy groups -OCH3 is 1. The smallest absolute Gasteiger partial charge is 0.141 e. The summed E-state index contributed by atoms with van der Waals surface area (Å²) in [5, 5.41) is 3.30. The number of anilines is 1. The second kappa shape index (κ2) is 5.68. The highest BCUT2D eigenvalue weighted by molar-refractivity contribution is 9.10. The van der Waals surface area contributed by atoms with E-state index in [0.29, 0.717) is 6.54 Å². The summed E-state index contributed by atoms with van der Waals surface area (Å²) in [5.74, 6) is 0.833. The van der Waals surface area contributed by atoms with Crippen LogP contribution < -0.4 is 10.1 Å². The maximum Gasteiger partial charge on any atom is 0.141 e. The lowest BCUT2D eigenvalue weighted by atomic mass is 10.3. The minimum atomic E-state index is 0.655. The van der Waals surface area contributed by atoms with Gasteiger partial charge in [-0.25, -0.2) is 0 Å². The van der Waals surface area contributed by atoms with Crippen molar-refractivity contribution in [3.05, 3.63) is 52.8 Å². The van der Waals surface area contributed by atoms with Crippen molar-refractivity contribution in [1.29, 1.82) is 0 Å². The van der Waals surface area contributed by atoms with Crippen LogP contribution in [0.2, 0.25) is 0 Å². The number of hydrogen-bond acceptors (Lipinski definition) is 3. The monoisotopic (exact) mass is 292 g/mol. The Hall–Kier alpha value is -1.55. The number of halogens is 1. The van der Waals surface area contributed by atoms with Crippen LogP contribution in [0.3, 0.4) is 0 Å². The highest BCUT2D eigenvalue weighted by Gasteiger charge is 2.03. The molecule has 1 aromatic carbocycles. The van der Waals surface area contributed by atoms with Crippen molar-refractivity contribution in [2.45, 2.75) is 6.54 Å². The molecular weight excluding hydrogens is 280 g/mol. The number of benzene rings is 1. The predicted octanol–water partition coefficient (Wildman–Crippen LogP) is 3.46. The average molecular weight is 293 g/mol. The Morgan fingerprint density at radius 2 is 2.06 bits per heavy atom. The molecule has 1 heterocycles. The van der Waals surface area contributed by atoms with Crippen LogP contribution in [-0.4, -0.2) is 12.1 Å².